The van der Waals surface area contributed by atoms with E-state index in [1.165, 1.54) is 14.0 Å². The number of hydrogen-bond donors (Lipinski definition) is 2. The second kappa shape index (κ2) is 9.50. The van der Waals surface area contributed by atoms with E-state index >= 15 is 0 Å². The highest BCUT2D eigenvalue weighted by Gasteiger charge is 2.26. The quantitative estimate of drug-likeness (QED) is 0.556. The number of ether oxygens (including phenoxy) is 1. The van der Waals surface area contributed by atoms with E-state index in [0.717, 1.165) is 11.1 Å². The van der Waals surface area contributed by atoms with Crippen LogP contribution in [0.25, 0.3) is 0 Å². The lowest BCUT2D eigenvalue weighted by Gasteiger charge is -2.22. The molecule has 0 radical (unpaired) electrons. The number of methoxy groups -OCH3 is 1. The van der Waals surface area contributed by atoms with E-state index in [0.29, 0.717) is 6.42 Å². The molecule has 0 saturated carbocycles. The van der Waals surface area contributed by atoms with Gasteiger partial charge in [-0.3, -0.25) is 9.59 Å². The lowest BCUT2D eigenvalue weighted by Crippen LogP contribution is -2.52. The van der Waals surface area contributed by atoms with Gasteiger partial charge in [-0.05, 0) is 18.9 Å². The lowest BCUT2D eigenvalue weighted by molar-refractivity contribution is -0.145. The second-order valence-corrected chi connectivity index (χ2v) is 5.69. The molecular formula is C18H24N2O4. The van der Waals surface area contributed by atoms with Crippen LogP contribution < -0.4 is 10.6 Å². The van der Waals surface area contributed by atoms with Crippen molar-refractivity contribution < 1.29 is 19.1 Å². The maximum Gasteiger partial charge on any atom is 0.328 e. The molecule has 1 aromatic rings. The maximum absolute atomic E-state index is 12.5. The molecule has 6 heteroatoms. The van der Waals surface area contributed by atoms with Crippen molar-refractivity contribution in [1.29, 1.82) is 0 Å². The van der Waals surface area contributed by atoms with Gasteiger partial charge in [0.25, 0.3) is 0 Å². The first-order chi connectivity index (χ1) is 11.3. The van der Waals surface area contributed by atoms with Crippen molar-refractivity contribution in [3.05, 3.63) is 48.0 Å². The van der Waals surface area contributed by atoms with E-state index in [1.54, 1.807) is 6.92 Å². The average Bonchev–Trinajstić information content (AvgIpc) is 2.53. The van der Waals surface area contributed by atoms with Crippen LogP contribution in [-0.2, 0) is 25.5 Å². The van der Waals surface area contributed by atoms with E-state index < -0.39 is 24.0 Å². The number of rotatable bonds is 8. The van der Waals surface area contributed by atoms with E-state index in [1.807, 2.05) is 30.3 Å². The van der Waals surface area contributed by atoms with Crippen LogP contribution in [0, 0.1) is 0 Å². The number of hydrogen-bond acceptors (Lipinski definition) is 4. The van der Waals surface area contributed by atoms with E-state index in [2.05, 4.69) is 17.2 Å². The molecule has 0 aliphatic heterocycles. The Kier molecular flexibility index (Phi) is 7.68. The molecule has 1 rings (SSSR count). The Balaban J connectivity index is 2.87. The van der Waals surface area contributed by atoms with Gasteiger partial charge in [-0.15, -0.1) is 6.58 Å². The highest BCUT2D eigenvalue weighted by molar-refractivity contribution is 5.90. The number of esters is 1. The van der Waals surface area contributed by atoms with Crippen molar-refractivity contribution in [1.82, 2.24) is 10.6 Å². The Labute approximate surface area is 142 Å². The molecule has 2 N–H and O–H groups in total. The Morgan fingerprint density at radius 3 is 2.21 bits per heavy atom. The van der Waals surface area contributed by atoms with Gasteiger partial charge in [-0.2, -0.15) is 0 Å². The SMILES string of the molecule is C=C(C)C[C@@H](NC(=O)[C@H](Cc1ccccc1)NC(C)=O)C(=O)OC. The highest BCUT2D eigenvalue weighted by Crippen LogP contribution is 2.07. The van der Waals surface area contributed by atoms with E-state index in [4.69, 9.17) is 4.74 Å². The summed E-state index contributed by atoms with van der Waals surface area (Å²) in [7, 11) is 1.26. The number of amides is 2. The van der Waals surface area contributed by atoms with Gasteiger partial charge in [0.1, 0.15) is 12.1 Å². The summed E-state index contributed by atoms with van der Waals surface area (Å²) in [5.74, 6) is -1.31. The van der Waals surface area contributed by atoms with Gasteiger partial charge in [0.15, 0.2) is 0 Å². The smallest absolute Gasteiger partial charge is 0.328 e. The second-order valence-electron chi connectivity index (χ2n) is 5.69. The topological polar surface area (TPSA) is 84.5 Å². The van der Waals surface area contributed by atoms with Crippen LogP contribution in [-0.4, -0.2) is 37.0 Å². The number of benzene rings is 1. The molecule has 0 saturated heterocycles. The third-order valence-corrected chi connectivity index (χ3v) is 3.33. The zero-order valence-corrected chi connectivity index (χ0v) is 14.3. The molecule has 24 heavy (non-hydrogen) atoms. The highest BCUT2D eigenvalue weighted by atomic mass is 16.5. The summed E-state index contributed by atoms with van der Waals surface area (Å²) >= 11 is 0. The van der Waals surface area contributed by atoms with Crippen molar-refractivity contribution >= 4 is 17.8 Å². The van der Waals surface area contributed by atoms with Crippen LogP contribution in [0.5, 0.6) is 0 Å². The molecule has 0 unspecified atom stereocenters. The molecule has 0 spiro atoms. The molecule has 0 bridgehead atoms. The molecule has 0 aliphatic rings. The van der Waals surface area contributed by atoms with Crippen molar-refractivity contribution in [3.63, 3.8) is 0 Å². The maximum atomic E-state index is 12.5. The Morgan fingerprint density at radius 2 is 1.71 bits per heavy atom. The molecular weight excluding hydrogens is 308 g/mol. The first kappa shape index (κ1) is 19.4. The van der Waals surface area contributed by atoms with E-state index in [9.17, 15) is 14.4 Å². The van der Waals surface area contributed by atoms with Gasteiger partial charge >= 0.3 is 5.97 Å². The normalized spacial score (nSPS) is 12.6. The van der Waals surface area contributed by atoms with Crippen molar-refractivity contribution in [2.75, 3.05) is 7.11 Å². The van der Waals surface area contributed by atoms with Gasteiger partial charge < -0.3 is 15.4 Å². The predicted octanol–water partition coefficient (Wildman–Crippen LogP) is 1.36. The summed E-state index contributed by atoms with van der Waals surface area (Å²) < 4.78 is 4.71. The van der Waals surface area contributed by atoms with Crippen LogP contribution in [0.15, 0.2) is 42.5 Å². The molecule has 2 amide bonds. The lowest BCUT2D eigenvalue weighted by atomic mass is 10.0. The average molecular weight is 332 g/mol. The van der Waals surface area contributed by atoms with Crippen LogP contribution in [0.4, 0.5) is 0 Å². The van der Waals surface area contributed by atoms with Crippen molar-refractivity contribution in [3.8, 4) is 0 Å². The predicted molar refractivity (Wildman–Crippen MR) is 91.1 cm³/mol. The van der Waals surface area contributed by atoms with Gasteiger partial charge in [0, 0.05) is 13.3 Å². The number of nitrogens with one attached hydrogen (secondary N) is 2. The van der Waals surface area contributed by atoms with Crippen LogP contribution in [0.2, 0.25) is 0 Å². The van der Waals surface area contributed by atoms with Gasteiger partial charge in [-0.25, -0.2) is 4.79 Å². The molecule has 0 aromatic heterocycles. The first-order valence-electron chi connectivity index (χ1n) is 7.67. The van der Waals surface area contributed by atoms with Gasteiger partial charge in [-0.1, -0.05) is 35.9 Å². The monoisotopic (exact) mass is 332 g/mol. The largest absolute Gasteiger partial charge is 0.467 e. The zero-order valence-electron chi connectivity index (χ0n) is 14.3. The third-order valence-electron chi connectivity index (χ3n) is 3.33. The van der Waals surface area contributed by atoms with Gasteiger partial charge in [0.2, 0.25) is 11.8 Å². The fourth-order valence-electron chi connectivity index (χ4n) is 2.26. The molecule has 130 valence electrons. The minimum Gasteiger partial charge on any atom is -0.467 e. The first-order valence-corrected chi connectivity index (χ1v) is 7.67. The van der Waals surface area contributed by atoms with Crippen molar-refractivity contribution in [2.45, 2.75) is 38.8 Å². The number of carbonyl (C=O) groups is 3. The molecule has 1 aromatic carbocycles. The molecule has 2 atom stereocenters. The summed E-state index contributed by atoms with van der Waals surface area (Å²) in [6, 6.07) is 7.72. The van der Waals surface area contributed by atoms with Crippen LogP contribution in [0.3, 0.4) is 0 Å². The Hall–Kier alpha value is -2.63. The fraction of sp³-hybridized carbons (Fsp3) is 0.389. The minimum atomic E-state index is -0.827. The summed E-state index contributed by atoms with van der Waals surface area (Å²) in [6.07, 6.45) is 0.601. The van der Waals surface area contributed by atoms with Crippen molar-refractivity contribution in [2.24, 2.45) is 0 Å². The molecule has 6 nitrogen and oxygen atoms in total. The third kappa shape index (κ3) is 6.64. The Bertz CT molecular complexity index is 598. The van der Waals surface area contributed by atoms with Crippen LogP contribution >= 0.6 is 0 Å². The summed E-state index contributed by atoms with van der Waals surface area (Å²) in [6.45, 7) is 6.86. The standard InChI is InChI=1S/C18H24N2O4/c1-12(2)10-16(18(23)24-4)20-17(22)15(19-13(3)21)11-14-8-6-5-7-9-14/h5-9,15-16H,1,10-11H2,2-4H3,(H,19,21)(H,20,22)/t15-,16+/m0/s1. The summed E-state index contributed by atoms with van der Waals surface area (Å²) in [5, 5.41) is 5.25. The van der Waals surface area contributed by atoms with Crippen LogP contribution in [0.1, 0.15) is 25.8 Å². The molecule has 0 fully saturated rings. The summed E-state index contributed by atoms with van der Waals surface area (Å²) in [5.41, 5.74) is 1.64. The summed E-state index contributed by atoms with van der Waals surface area (Å²) in [4.78, 5) is 35.8. The van der Waals surface area contributed by atoms with Gasteiger partial charge in [0.05, 0.1) is 7.11 Å². The number of carbonyl (C=O) groups excluding carboxylic acids is 3. The Morgan fingerprint density at radius 1 is 1.08 bits per heavy atom. The van der Waals surface area contributed by atoms with E-state index in [-0.39, 0.29) is 12.3 Å². The zero-order chi connectivity index (χ0) is 18.1. The minimum absolute atomic E-state index is 0.274. The fourth-order valence-corrected chi connectivity index (χ4v) is 2.26. The molecule has 0 aliphatic carbocycles. The molecule has 0 heterocycles.